The minimum absolute atomic E-state index is 0.0698. The highest BCUT2D eigenvalue weighted by molar-refractivity contribution is 7.08. The monoisotopic (exact) mass is 443 g/mol. The van der Waals surface area contributed by atoms with Crippen molar-refractivity contribution in [1.29, 1.82) is 5.26 Å². The molecule has 0 bridgehead atoms. The molecule has 0 unspecified atom stereocenters. The second-order valence-electron chi connectivity index (χ2n) is 8.55. The Labute approximate surface area is 182 Å². The fraction of sp³-hybridized carbons (Fsp3) is 0.304. The Bertz CT molecular complexity index is 1150. The summed E-state index contributed by atoms with van der Waals surface area (Å²) >= 11 is 1.42. The van der Waals surface area contributed by atoms with Crippen LogP contribution < -0.4 is 10.6 Å². The van der Waals surface area contributed by atoms with E-state index in [0.717, 1.165) is 11.6 Å². The van der Waals surface area contributed by atoms with E-state index in [1.807, 2.05) is 30.7 Å². The van der Waals surface area contributed by atoms with E-state index in [9.17, 15) is 23.2 Å². The second kappa shape index (κ2) is 7.27. The third kappa shape index (κ3) is 3.53. The van der Waals surface area contributed by atoms with Crippen molar-refractivity contribution >= 4 is 22.8 Å². The second-order valence-corrected chi connectivity index (χ2v) is 9.33. The molecule has 1 aromatic heterocycles. The minimum atomic E-state index is -4.62. The van der Waals surface area contributed by atoms with Crippen LogP contribution in [0.25, 0.3) is 0 Å². The minimum Gasteiger partial charge on any atom is -0.384 e. The van der Waals surface area contributed by atoms with Gasteiger partial charge >= 0.3 is 6.18 Å². The lowest BCUT2D eigenvalue weighted by molar-refractivity contribution is -0.137. The van der Waals surface area contributed by atoms with E-state index in [2.05, 4.69) is 6.07 Å². The van der Waals surface area contributed by atoms with Gasteiger partial charge in [0.25, 0.3) is 0 Å². The number of hydrogen-bond donors (Lipinski definition) is 1. The van der Waals surface area contributed by atoms with E-state index in [1.165, 1.54) is 34.4 Å². The lowest BCUT2D eigenvalue weighted by Crippen LogP contribution is -2.42. The normalized spacial score (nSPS) is 21.2. The van der Waals surface area contributed by atoms with Crippen molar-refractivity contribution in [3.05, 3.63) is 74.9 Å². The van der Waals surface area contributed by atoms with Crippen molar-refractivity contribution in [2.24, 2.45) is 11.1 Å². The Hall–Kier alpha value is -3.05. The van der Waals surface area contributed by atoms with Gasteiger partial charge in [0.15, 0.2) is 5.78 Å². The van der Waals surface area contributed by atoms with Gasteiger partial charge in [0.1, 0.15) is 5.82 Å². The van der Waals surface area contributed by atoms with Gasteiger partial charge in [-0.25, -0.2) is 0 Å². The van der Waals surface area contributed by atoms with Crippen LogP contribution in [0.4, 0.5) is 18.9 Å². The molecule has 1 atom stereocenters. The molecule has 2 aromatic rings. The summed E-state index contributed by atoms with van der Waals surface area (Å²) in [7, 11) is 0. The summed E-state index contributed by atoms with van der Waals surface area (Å²) in [4.78, 5) is 14.6. The van der Waals surface area contributed by atoms with Crippen molar-refractivity contribution in [2.75, 3.05) is 4.90 Å². The van der Waals surface area contributed by atoms with Gasteiger partial charge in [-0.1, -0.05) is 26.0 Å². The number of rotatable bonds is 2. The standard InChI is InChI=1S/C23H20F3N3OS/c1-22(2)9-17-20(18(30)10-22)19(13-7-8-31-12-13)14(11-27)21(28)29(17)16-6-4-3-5-15(16)23(24,25)26/h3-8,12,19H,9-10,28H2,1-2H3/t19-/m1/s1. The highest BCUT2D eigenvalue weighted by atomic mass is 32.1. The number of thiophene rings is 1. The average Bonchev–Trinajstić information content (AvgIpc) is 3.20. The molecule has 0 spiro atoms. The Morgan fingerprint density at radius 1 is 1.23 bits per heavy atom. The van der Waals surface area contributed by atoms with Gasteiger partial charge in [0.2, 0.25) is 0 Å². The molecule has 8 heteroatoms. The number of para-hydroxylation sites is 1. The Kier molecular flexibility index (Phi) is 4.97. The molecule has 0 radical (unpaired) electrons. The van der Waals surface area contributed by atoms with Crippen LogP contribution >= 0.6 is 11.3 Å². The lowest BCUT2D eigenvalue weighted by Gasteiger charge is -2.44. The molecule has 2 aliphatic rings. The summed E-state index contributed by atoms with van der Waals surface area (Å²) in [5, 5.41) is 13.6. The molecule has 4 rings (SSSR count). The molecule has 1 aliphatic carbocycles. The fourth-order valence-electron chi connectivity index (χ4n) is 4.46. The number of Topliss-reactive ketones (excluding diaryl/α,β-unsaturated/α-hetero) is 1. The van der Waals surface area contributed by atoms with Crippen LogP contribution in [0.2, 0.25) is 0 Å². The smallest absolute Gasteiger partial charge is 0.384 e. The van der Waals surface area contributed by atoms with Gasteiger partial charge in [0.05, 0.1) is 28.8 Å². The van der Waals surface area contributed by atoms with E-state index in [0.29, 0.717) is 17.7 Å². The first-order valence-corrected chi connectivity index (χ1v) is 10.6. The molecule has 160 valence electrons. The number of carbonyl (C=O) groups is 1. The van der Waals surface area contributed by atoms with Crippen molar-refractivity contribution in [1.82, 2.24) is 0 Å². The molecule has 0 saturated carbocycles. The van der Waals surface area contributed by atoms with E-state index in [-0.39, 0.29) is 29.3 Å². The van der Waals surface area contributed by atoms with Crippen molar-refractivity contribution in [3.63, 3.8) is 0 Å². The third-order valence-electron chi connectivity index (χ3n) is 5.71. The summed E-state index contributed by atoms with van der Waals surface area (Å²) in [6, 6.07) is 9.00. The Morgan fingerprint density at radius 2 is 1.94 bits per heavy atom. The molecule has 0 saturated heterocycles. The number of anilines is 1. The van der Waals surface area contributed by atoms with Gasteiger partial charge < -0.3 is 5.73 Å². The molecule has 1 aliphatic heterocycles. The average molecular weight is 443 g/mol. The zero-order valence-corrected chi connectivity index (χ0v) is 17.8. The maximum atomic E-state index is 13.8. The van der Waals surface area contributed by atoms with E-state index in [4.69, 9.17) is 5.73 Å². The first-order valence-electron chi connectivity index (χ1n) is 9.69. The quantitative estimate of drug-likeness (QED) is 0.646. The van der Waals surface area contributed by atoms with Crippen molar-refractivity contribution in [3.8, 4) is 6.07 Å². The maximum Gasteiger partial charge on any atom is 0.418 e. The topological polar surface area (TPSA) is 70.1 Å². The number of alkyl halides is 3. The number of nitrogens with two attached hydrogens (primary N) is 1. The SMILES string of the molecule is CC1(C)CC(=O)C2=C(C1)N(c1ccccc1C(F)(F)F)C(N)=C(C#N)[C@H]2c1ccsc1. The van der Waals surface area contributed by atoms with Gasteiger partial charge in [-0.2, -0.15) is 29.8 Å². The lowest BCUT2D eigenvalue weighted by atomic mass is 9.69. The summed E-state index contributed by atoms with van der Waals surface area (Å²) in [6.45, 7) is 3.81. The number of hydrogen-bond acceptors (Lipinski definition) is 5. The van der Waals surface area contributed by atoms with Gasteiger partial charge in [-0.05, 0) is 46.4 Å². The maximum absolute atomic E-state index is 13.8. The highest BCUT2D eigenvalue weighted by Gasteiger charge is 2.46. The van der Waals surface area contributed by atoms with E-state index in [1.54, 1.807) is 0 Å². The molecule has 0 amide bonds. The molecule has 2 N–H and O–H groups in total. The Balaban J connectivity index is 2.04. The summed E-state index contributed by atoms with van der Waals surface area (Å²) in [6.07, 6.45) is -4.01. The number of carbonyl (C=O) groups excluding carboxylic acids is 1. The largest absolute Gasteiger partial charge is 0.418 e. The predicted octanol–water partition coefficient (Wildman–Crippen LogP) is 5.71. The fourth-order valence-corrected chi connectivity index (χ4v) is 5.15. The van der Waals surface area contributed by atoms with Crippen LogP contribution in [0, 0.1) is 16.7 Å². The Morgan fingerprint density at radius 3 is 2.55 bits per heavy atom. The molecule has 31 heavy (non-hydrogen) atoms. The number of nitrogens with zero attached hydrogens (tertiary/aromatic N) is 2. The summed E-state index contributed by atoms with van der Waals surface area (Å²) in [5.74, 6) is -0.916. The number of ketones is 1. The first-order chi connectivity index (χ1) is 14.5. The predicted molar refractivity (Wildman–Crippen MR) is 113 cm³/mol. The van der Waals surface area contributed by atoms with Crippen LogP contribution in [0.1, 0.15) is 43.7 Å². The van der Waals surface area contributed by atoms with Crippen LogP contribution in [0.15, 0.2) is 63.8 Å². The van der Waals surface area contributed by atoms with Crippen molar-refractivity contribution in [2.45, 2.75) is 38.8 Å². The molecule has 2 heterocycles. The number of allylic oxidation sites excluding steroid dienone is 3. The molecule has 4 nitrogen and oxygen atoms in total. The molecule has 0 fully saturated rings. The highest BCUT2D eigenvalue weighted by Crippen LogP contribution is 2.51. The van der Waals surface area contributed by atoms with Gasteiger partial charge in [0, 0.05) is 17.7 Å². The summed E-state index contributed by atoms with van der Waals surface area (Å²) in [5.41, 5.74) is 6.52. The summed E-state index contributed by atoms with van der Waals surface area (Å²) < 4.78 is 41.5. The van der Waals surface area contributed by atoms with Gasteiger partial charge in [-0.3, -0.25) is 9.69 Å². The number of benzene rings is 1. The third-order valence-corrected chi connectivity index (χ3v) is 6.41. The zero-order chi connectivity index (χ0) is 22.6. The van der Waals surface area contributed by atoms with E-state index < -0.39 is 23.1 Å². The molecular formula is C23H20F3N3OS. The van der Waals surface area contributed by atoms with Crippen LogP contribution in [0.3, 0.4) is 0 Å². The first kappa shape index (κ1) is 21.2. The van der Waals surface area contributed by atoms with Crippen molar-refractivity contribution < 1.29 is 18.0 Å². The number of halogens is 3. The number of nitriles is 1. The van der Waals surface area contributed by atoms with E-state index >= 15 is 0 Å². The van der Waals surface area contributed by atoms with Gasteiger partial charge in [-0.15, -0.1) is 0 Å². The zero-order valence-electron chi connectivity index (χ0n) is 17.0. The van der Waals surface area contributed by atoms with Crippen LogP contribution in [-0.2, 0) is 11.0 Å². The van der Waals surface area contributed by atoms with Crippen LogP contribution in [0.5, 0.6) is 0 Å². The molecule has 1 aromatic carbocycles. The molecular weight excluding hydrogens is 423 g/mol. The van der Waals surface area contributed by atoms with Crippen LogP contribution in [-0.4, -0.2) is 5.78 Å².